The Kier molecular flexibility index (Phi) is 6.25. The van der Waals surface area contributed by atoms with Crippen molar-refractivity contribution in [1.29, 1.82) is 0 Å². The monoisotopic (exact) mass is 215 g/mol. The minimum atomic E-state index is 0. The predicted octanol–water partition coefficient (Wildman–Crippen LogP) is 2.28. The SMILES string of the molecule is CCCC[C@@H](N)c1cccnc1N.Cl. The van der Waals surface area contributed by atoms with E-state index in [4.69, 9.17) is 11.5 Å². The lowest BCUT2D eigenvalue weighted by atomic mass is 10.0. The number of halogens is 1. The first-order valence-corrected chi connectivity index (χ1v) is 4.71. The van der Waals surface area contributed by atoms with Gasteiger partial charge in [0.25, 0.3) is 0 Å². The van der Waals surface area contributed by atoms with Crippen molar-refractivity contribution in [3.8, 4) is 0 Å². The Morgan fingerprint density at radius 3 is 2.79 bits per heavy atom. The number of nitrogens with two attached hydrogens (primary N) is 2. The highest BCUT2D eigenvalue weighted by Gasteiger charge is 2.08. The summed E-state index contributed by atoms with van der Waals surface area (Å²) in [6, 6.07) is 3.86. The Hall–Kier alpha value is -0.800. The third-order valence-electron chi connectivity index (χ3n) is 2.14. The number of rotatable bonds is 4. The normalized spacial score (nSPS) is 11.9. The van der Waals surface area contributed by atoms with Crippen molar-refractivity contribution in [1.82, 2.24) is 4.98 Å². The molecular weight excluding hydrogens is 198 g/mol. The second kappa shape index (κ2) is 6.62. The quantitative estimate of drug-likeness (QED) is 0.810. The molecule has 1 heterocycles. The molecule has 0 unspecified atom stereocenters. The fraction of sp³-hybridized carbons (Fsp3) is 0.500. The molecule has 0 spiro atoms. The maximum absolute atomic E-state index is 5.96. The molecule has 0 saturated heterocycles. The fourth-order valence-electron chi connectivity index (χ4n) is 1.32. The van der Waals surface area contributed by atoms with Gasteiger partial charge < -0.3 is 11.5 Å². The van der Waals surface area contributed by atoms with Crippen LogP contribution in [0, 0.1) is 0 Å². The molecule has 0 aliphatic carbocycles. The standard InChI is InChI=1S/C10H17N3.ClH/c1-2-3-6-9(11)8-5-4-7-13-10(8)12;/h4-5,7,9H,2-3,6,11H2,1H3,(H2,12,13);1H/t9-;/m1./s1. The number of nitrogen functional groups attached to an aromatic ring is 1. The summed E-state index contributed by atoms with van der Waals surface area (Å²) in [5.41, 5.74) is 12.6. The van der Waals surface area contributed by atoms with Gasteiger partial charge in [0.15, 0.2) is 0 Å². The molecule has 0 aromatic carbocycles. The van der Waals surface area contributed by atoms with Gasteiger partial charge in [-0.3, -0.25) is 0 Å². The van der Waals surface area contributed by atoms with Crippen LogP contribution in [0.1, 0.15) is 37.8 Å². The van der Waals surface area contributed by atoms with Crippen LogP contribution in [0.25, 0.3) is 0 Å². The summed E-state index contributed by atoms with van der Waals surface area (Å²) in [6.45, 7) is 2.15. The van der Waals surface area contributed by atoms with E-state index in [9.17, 15) is 0 Å². The van der Waals surface area contributed by atoms with Gasteiger partial charge >= 0.3 is 0 Å². The maximum Gasteiger partial charge on any atom is 0.128 e. The van der Waals surface area contributed by atoms with Gasteiger partial charge in [-0.2, -0.15) is 0 Å². The summed E-state index contributed by atoms with van der Waals surface area (Å²) in [7, 11) is 0. The van der Waals surface area contributed by atoms with E-state index in [1.54, 1.807) is 6.20 Å². The smallest absolute Gasteiger partial charge is 0.128 e. The summed E-state index contributed by atoms with van der Waals surface area (Å²) in [4.78, 5) is 4.01. The van der Waals surface area contributed by atoms with Crippen LogP contribution in [0.2, 0.25) is 0 Å². The molecule has 0 radical (unpaired) electrons. The Bertz CT molecular complexity index is 265. The van der Waals surface area contributed by atoms with E-state index in [0.717, 1.165) is 24.8 Å². The molecule has 0 bridgehead atoms. The maximum atomic E-state index is 5.96. The van der Waals surface area contributed by atoms with Gasteiger partial charge in [0.1, 0.15) is 5.82 Å². The highest BCUT2D eigenvalue weighted by Crippen LogP contribution is 2.20. The minimum absolute atomic E-state index is 0. The Balaban J connectivity index is 0.00000169. The van der Waals surface area contributed by atoms with Crippen LogP contribution in [0.3, 0.4) is 0 Å². The van der Waals surface area contributed by atoms with E-state index in [0.29, 0.717) is 5.82 Å². The first kappa shape index (κ1) is 13.2. The molecule has 1 atom stereocenters. The summed E-state index contributed by atoms with van der Waals surface area (Å²) in [5, 5.41) is 0. The van der Waals surface area contributed by atoms with Crippen molar-refractivity contribution >= 4 is 18.2 Å². The van der Waals surface area contributed by atoms with Gasteiger partial charge in [-0.25, -0.2) is 4.98 Å². The molecule has 1 rings (SSSR count). The van der Waals surface area contributed by atoms with Crippen LogP contribution in [0.5, 0.6) is 0 Å². The van der Waals surface area contributed by atoms with Crippen molar-refractivity contribution < 1.29 is 0 Å². The average molecular weight is 216 g/mol. The number of aromatic nitrogens is 1. The molecule has 4 heteroatoms. The van der Waals surface area contributed by atoms with Crippen LogP contribution in [-0.4, -0.2) is 4.98 Å². The third kappa shape index (κ3) is 3.52. The van der Waals surface area contributed by atoms with Gasteiger partial charge in [-0.05, 0) is 12.5 Å². The zero-order valence-electron chi connectivity index (χ0n) is 8.44. The summed E-state index contributed by atoms with van der Waals surface area (Å²) < 4.78 is 0. The largest absolute Gasteiger partial charge is 0.383 e. The molecule has 1 aromatic heterocycles. The van der Waals surface area contributed by atoms with E-state index in [1.165, 1.54) is 0 Å². The highest BCUT2D eigenvalue weighted by molar-refractivity contribution is 5.85. The molecule has 3 nitrogen and oxygen atoms in total. The Labute approximate surface area is 91.3 Å². The van der Waals surface area contributed by atoms with Gasteiger partial charge in [0.05, 0.1) is 0 Å². The molecule has 4 N–H and O–H groups in total. The molecule has 0 fully saturated rings. The van der Waals surface area contributed by atoms with Crippen molar-refractivity contribution in [2.75, 3.05) is 5.73 Å². The Morgan fingerprint density at radius 1 is 1.50 bits per heavy atom. The number of hydrogen-bond donors (Lipinski definition) is 2. The summed E-state index contributed by atoms with van der Waals surface area (Å²) in [6.07, 6.45) is 4.96. The lowest BCUT2D eigenvalue weighted by Crippen LogP contribution is -2.12. The number of hydrogen-bond acceptors (Lipinski definition) is 3. The van der Waals surface area contributed by atoms with Crippen molar-refractivity contribution in [3.05, 3.63) is 23.9 Å². The lowest BCUT2D eigenvalue weighted by molar-refractivity contribution is 0.603. The number of unbranched alkanes of at least 4 members (excludes halogenated alkanes) is 1. The molecule has 0 aliphatic rings. The lowest BCUT2D eigenvalue weighted by Gasteiger charge is -2.12. The van der Waals surface area contributed by atoms with E-state index < -0.39 is 0 Å². The van der Waals surface area contributed by atoms with Crippen molar-refractivity contribution in [3.63, 3.8) is 0 Å². The van der Waals surface area contributed by atoms with Crippen LogP contribution < -0.4 is 11.5 Å². The molecule has 0 aliphatic heterocycles. The molecule has 14 heavy (non-hydrogen) atoms. The summed E-state index contributed by atoms with van der Waals surface area (Å²) in [5.74, 6) is 0.561. The third-order valence-corrected chi connectivity index (χ3v) is 2.14. The van der Waals surface area contributed by atoms with Crippen LogP contribution >= 0.6 is 12.4 Å². The average Bonchev–Trinajstić information content (AvgIpc) is 2.15. The van der Waals surface area contributed by atoms with E-state index in [1.807, 2.05) is 12.1 Å². The van der Waals surface area contributed by atoms with Crippen molar-refractivity contribution in [2.45, 2.75) is 32.2 Å². The van der Waals surface area contributed by atoms with Crippen molar-refractivity contribution in [2.24, 2.45) is 5.73 Å². The van der Waals surface area contributed by atoms with E-state index in [2.05, 4.69) is 11.9 Å². The zero-order chi connectivity index (χ0) is 9.68. The first-order chi connectivity index (χ1) is 6.25. The van der Waals surface area contributed by atoms with Gasteiger partial charge in [-0.1, -0.05) is 25.8 Å². The first-order valence-electron chi connectivity index (χ1n) is 4.71. The van der Waals surface area contributed by atoms with Gasteiger partial charge in [0.2, 0.25) is 0 Å². The van der Waals surface area contributed by atoms with Gasteiger partial charge in [-0.15, -0.1) is 12.4 Å². The second-order valence-electron chi connectivity index (χ2n) is 3.23. The fourth-order valence-corrected chi connectivity index (χ4v) is 1.32. The number of anilines is 1. The molecule has 0 amide bonds. The summed E-state index contributed by atoms with van der Waals surface area (Å²) >= 11 is 0. The highest BCUT2D eigenvalue weighted by atomic mass is 35.5. The Morgan fingerprint density at radius 2 is 2.21 bits per heavy atom. The van der Waals surface area contributed by atoms with E-state index in [-0.39, 0.29) is 18.4 Å². The predicted molar refractivity (Wildman–Crippen MR) is 62.4 cm³/mol. The van der Waals surface area contributed by atoms with E-state index >= 15 is 0 Å². The molecule has 0 saturated carbocycles. The molecule has 1 aromatic rings. The topological polar surface area (TPSA) is 64.9 Å². The van der Waals surface area contributed by atoms with Crippen LogP contribution in [0.15, 0.2) is 18.3 Å². The minimum Gasteiger partial charge on any atom is -0.383 e. The number of pyridine rings is 1. The van der Waals surface area contributed by atoms with Crippen LogP contribution in [0.4, 0.5) is 5.82 Å². The van der Waals surface area contributed by atoms with Gasteiger partial charge in [0, 0.05) is 17.8 Å². The van der Waals surface area contributed by atoms with Crippen LogP contribution in [-0.2, 0) is 0 Å². The number of nitrogens with zero attached hydrogens (tertiary/aromatic N) is 1. The molecule has 80 valence electrons. The molecular formula is C10H18ClN3. The zero-order valence-corrected chi connectivity index (χ0v) is 9.26. The second-order valence-corrected chi connectivity index (χ2v) is 3.23.